The molecule has 1 N–H and O–H groups in total. The molecule has 5 heteroatoms. The first kappa shape index (κ1) is 13.4. The van der Waals surface area contributed by atoms with Crippen LogP contribution in [0.5, 0.6) is 0 Å². The summed E-state index contributed by atoms with van der Waals surface area (Å²) in [4.78, 5) is 12.1. The van der Waals surface area contributed by atoms with Crippen LogP contribution in [0.25, 0.3) is 0 Å². The number of hydrogen-bond donors (Lipinski definition) is 1. The van der Waals surface area contributed by atoms with Crippen molar-refractivity contribution in [2.45, 2.75) is 24.8 Å². The van der Waals surface area contributed by atoms with E-state index in [1.807, 2.05) is 0 Å². The third-order valence-electron chi connectivity index (χ3n) is 3.07. The highest BCUT2D eigenvalue weighted by Crippen LogP contribution is 2.33. The molecular formula is C12H12Br2ClNO. The van der Waals surface area contributed by atoms with Crippen LogP contribution in [0.2, 0.25) is 5.02 Å². The first-order valence-electron chi connectivity index (χ1n) is 5.39. The van der Waals surface area contributed by atoms with Gasteiger partial charge in [-0.25, -0.2) is 0 Å². The summed E-state index contributed by atoms with van der Waals surface area (Å²) >= 11 is 12.7. The fourth-order valence-electron chi connectivity index (χ4n) is 1.89. The highest BCUT2D eigenvalue weighted by molar-refractivity contribution is 9.10. The van der Waals surface area contributed by atoms with Crippen LogP contribution in [-0.4, -0.2) is 16.8 Å². The van der Waals surface area contributed by atoms with Crippen molar-refractivity contribution in [2.24, 2.45) is 0 Å². The first-order chi connectivity index (χ1) is 8.04. The van der Waals surface area contributed by atoms with E-state index in [-0.39, 0.29) is 11.4 Å². The second-order valence-corrected chi connectivity index (χ2v) is 6.29. The van der Waals surface area contributed by atoms with Gasteiger partial charge in [0, 0.05) is 20.4 Å². The molecule has 0 saturated heterocycles. The zero-order valence-electron chi connectivity index (χ0n) is 9.10. The van der Waals surface area contributed by atoms with Crippen molar-refractivity contribution >= 4 is 49.4 Å². The molecule has 1 aromatic carbocycles. The summed E-state index contributed by atoms with van der Waals surface area (Å²) in [5, 5.41) is 4.45. The smallest absolute Gasteiger partial charge is 0.251 e. The monoisotopic (exact) mass is 379 g/mol. The zero-order valence-corrected chi connectivity index (χ0v) is 13.0. The summed E-state index contributed by atoms with van der Waals surface area (Å²) in [5.41, 5.74) is 0.530. The molecule has 1 aliphatic carbocycles. The van der Waals surface area contributed by atoms with Crippen LogP contribution in [0.1, 0.15) is 29.6 Å². The van der Waals surface area contributed by atoms with Crippen molar-refractivity contribution in [1.82, 2.24) is 5.32 Å². The van der Waals surface area contributed by atoms with Gasteiger partial charge in [0.2, 0.25) is 0 Å². The van der Waals surface area contributed by atoms with Crippen molar-refractivity contribution in [3.05, 3.63) is 33.3 Å². The third kappa shape index (κ3) is 3.04. The summed E-state index contributed by atoms with van der Waals surface area (Å²) in [6.07, 6.45) is 3.24. The number of carbonyl (C=O) groups excluding carboxylic acids is 1. The van der Waals surface area contributed by atoms with Crippen LogP contribution < -0.4 is 5.32 Å². The molecule has 92 valence electrons. The molecule has 1 fully saturated rings. The maximum Gasteiger partial charge on any atom is 0.251 e. The first-order valence-corrected chi connectivity index (χ1v) is 7.68. The Hall–Kier alpha value is -0.0600. The average Bonchev–Trinajstić information content (AvgIpc) is 2.21. The van der Waals surface area contributed by atoms with Gasteiger partial charge < -0.3 is 5.32 Å². The highest BCUT2D eigenvalue weighted by atomic mass is 79.9. The fraction of sp³-hybridized carbons (Fsp3) is 0.417. The highest BCUT2D eigenvalue weighted by Gasteiger charge is 2.37. The van der Waals surface area contributed by atoms with E-state index in [9.17, 15) is 4.79 Å². The maximum absolute atomic E-state index is 12.1. The molecule has 0 heterocycles. The van der Waals surface area contributed by atoms with Crippen LogP contribution in [-0.2, 0) is 0 Å². The van der Waals surface area contributed by atoms with Gasteiger partial charge >= 0.3 is 0 Å². The molecule has 1 aromatic rings. The molecule has 1 saturated carbocycles. The molecule has 0 spiro atoms. The van der Waals surface area contributed by atoms with Gasteiger partial charge in [-0.05, 0) is 37.5 Å². The van der Waals surface area contributed by atoms with Gasteiger partial charge in [-0.3, -0.25) is 4.79 Å². The second-order valence-electron chi connectivity index (χ2n) is 4.38. The molecule has 0 aromatic heterocycles. The lowest BCUT2D eigenvalue weighted by atomic mass is 9.78. The molecule has 2 rings (SSSR count). The van der Waals surface area contributed by atoms with Gasteiger partial charge in [-0.1, -0.05) is 43.5 Å². The molecule has 0 unspecified atom stereocenters. The van der Waals surface area contributed by atoms with Gasteiger partial charge in [0.15, 0.2) is 0 Å². The lowest BCUT2D eigenvalue weighted by Gasteiger charge is -2.41. The fourth-order valence-corrected chi connectivity index (χ4v) is 3.45. The minimum absolute atomic E-state index is 0.0626. The van der Waals surface area contributed by atoms with Crippen molar-refractivity contribution in [3.8, 4) is 0 Å². The summed E-state index contributed by atoms with van der Waals surface area (Å²) in [5.74, 6) is -0.0626. The molecule has 1 aliphatic rings. The van der Waals surface area contributed by atoms with E-state index in [1.54, 1.807) is 18.2 Å². The Morgan fingerprint density at radius 1 is 1.41 bits per heavy atom. The minimum atomic E-state index is -0.0636. The number of rotatable bonds is 3. The lowest BCUT2D eigenvalue weighted by molar-refractivity contribution is 0.0856. The number of alkyl halides is 1. The van der Waals surface area contributed by atoms with E-state index in [2.05, 4.69) is 37.2 Å². The molecule has 0 aliphatic heterocycles. The Kier molecular flexibility index (Phi) is 4.16. The lowest BCUT2D eigenvalue weighted by Crippen LogP contribution is -2.54. The van der Waals surface area contributed by atoms with E-state index in [0.29, 0.717) is 10.6 Å². The van der Waals surface area contributed by atoms with Crippen LogP contribution in [0.15, 0.2) is 22.7 Å². The van der Waals surface area contributed by atoms with E-state index in [1.165, 1.54) is 6.42 Å². The predicted octanol–water partition coefficient (Wildman–Crippen LogP) is 4.15. The van der Waals surface area contributed by atoms with Crippen molar-refractivity contribution < 1.29 is 4.79 Å². The molecule has 2 nitrogen and oxygen atoms in total. The van der Waals surface area contributed by atoms with Crippen molar-refractivity contribution in [1.29, 1.82) is 0 Å². The largest absolute Gasteiger partial charge is 0.346 e. The second kappa shape index (κ2) is 5.29. The van der Waals surface area contributed by atoms with Crippen molar-refractivity contribution in [2.75, 3.05) is 5.33 Å². The van der Waals surface area contributed by atoms with Gasteiger partial charge in [0.05, 0.1) is 5.54 Å². The van der Waals surface area contributed by atoms with Crippen LogP contribution >= 0.6 is 43.5 Å². The van der Waals surface area contributed by atoms with Crippen molar-refractivity contribution in [3.63, 3.8) is 0 Å². The van der Waals surface area contributed by atoms with Crippen LogP contribution in [0.3, 0.4) is 0 Å². The standard InChI is InChI=1S/C12H12Br2ClNO/c13-7-12(2-1-3-12)16-11(17)8-4-9(14)6-10(15)5-8/h4-6H,1-3,7H2,(H,16,17). The summed E-state index contributed by atoms with van der Waals surface area (Å²) in [7, 11) is 0. The summed E-state index contributed by atoms with van der Waals surface area (Å²) < 4.78 is 0.816. The number of halogens is 3. The quantitative estimate of drug-likeness (QED) is 0.783. The third-order valence-corrected chi connectivity index (χ3v) is 4.82. The molecule has 0 radical (unpaired) electrons. The average molecular weight is 381 g/mol. The van der Waals surface area contributed by atoms with Gasteiger partial charge in [-0.15, -0.1) is 0 Å². The Labute approximate surface area is 122 Å². The molecule has 1 amide bonds. The number of hydrogen-bond acceptors (Lipinski definition) is 1. The summed E-state index contributed by atoms with van der Waals surface area (Å²) in [6.45, 7) is 0. The van der Waals surface area contributed by atoms with E-state index in [4.69, 9.17) is 11.6 Å². The molecule has 0 atom stereocenters. The van der Waals surface area contributed by atoms with Gasteiger partial charge in [-0.2, -0.15) is 0 Å². The summed E-state index contributed by atoms with van der Waals surface area (Å²) in [6, 6.07) is 5.23. The van der Waals surface area contributed by atoms with E-state index >= 15 is 0 Å². The van der Waals surface area contributed by atoms with Gasteiger partial charge in [0.1, 0.15) is 0 Å². The number of benzene rings is 1. The number of amides is 1. The normalized spacial score (nSPS) is 17.4. The predicted molar refractivity (Wildman–Crippen MR) is 77.0 cm³/mol. The maximum atomic E-state index is 12.1. The molecular weight excluding hydrogens is 369 g/mol. The van der Waals surface area contributed by atoms with Gasteiger partial charge in [0.25, 0.3) is 5.91 Å². The van der Waals surface area contributed by atoms with E-state index in [0.717, 1.165) is 22.6 Å². The van der Waals surface area contributed by atoms with Crippen LogP contribution in [0, 0.1) is 0 Å². The molecule has 17 heavy (non-hydrogen) atoms. The number of carbonyl (C=O) groups is 1. The SMILES string of the molecule is O=C(NC1(CBr)CCC1)c1cc(Cl)cc(Br)c1. The number of nitrogens with one attached hydrogen (secondary N) is 1. The van der Waals surface area contributed by atoms with Crippen LogP contribution in [0.4, 0.5) is 0 Å². The Morgan fingerprint density at radius 2 is 2.12 bits per heavy atom. The molecule has 0 bridgehead atoms. The minimum Gasteiger partial charge on any atom is -0.346 e. The Balaban J connectivity index is 2.14. The topological polar surface area (TPSA) is 29.1 Å². The Bertz CT molecular complexity index is 420. The van der Waals surface area contributed by atoms with E-state index < -0.39 is 0 Å². The zero-order chi connectivity index (χ0) is 12.5. The Morgan fingerprint density at radius 3 is 2.59 bits per heavy atom.